The van der Waals surface area contributed by atoms with Crippen LogP contribution in [0.1, 0.15) is 71.1 Å². The maximum Gasteiger partial charge on any atom is 0.315 e. The molecule has 4 N–H and O–H groups in total. The zero-order valence-corrected chi connectivity index (χ0v) is 17.0. The highest BCUT2D eigenvalue weighted by Crippen LogP contribution is 2.17. The van der Waals surface area contributed by atoms with Gasteiger partial charge in [-0.2, -0.15) is 0 Å². The lowest BCUT2D eigenvalue weighted by molar-refractivity contribution is -0.122. The van der Waals surface area contributed by atoms with E-state index in [0.29, 0.717) is 24.9 Å². The monoisotopic (exact) mass is 388 g/mol. The van der Waals surface area contributed by atoms with Crippen LogP contribution in [-0.4, -0.2) is 43.7 Å². The molecular weight excluding hydrogens is 352 g/mol. The van der Waals surface area contributed by atoms with Crippen LogP contribution in [0.25, 0.3) is 0 Å². The number of nitrogens with one attached hydrogen (secondary N) is 4. The van der Waals surface area contributed by atoms with Crippen molar-refractivity contribution >= 4 is 24.3 Å². The number of rotatable bonds is 8. The summed E-state index contributed by atoms with van der Waals surface area (Å²) in [6.07, 6.45) is 10.4. The molecule has 2 rings (SSSR count). The van der Waals surface area contributed by atoms with Crippen LogP contribution in [0.15, 0.2) is 0 Å². The van der Waals surface area contributed by atoms with Gasteiger partial charge in [0.15, 0.2) is 0 Å². The molecule has 1 saturated carbocycles. The summed E-state index contributed by atoms with van der Waals surface area (Å²) in [6.45, 7) is 4.82. The van der Waals surface area contributed by atoms with Crippen LogP contribution < -0.4 is 21.3 Å². The summed E-state index contributed by atoms with van der Waals surface area (Å²) in [5, 5.41) is 12.5. The quantitative estimate of drug-likeness (QED) is 0.482. The minimum atomic E-state index is -0.0385. The van der Waals surface area contributed by atoms with E-state index in [-0.39, 0.29) is 30.4 Å². The molecule has 1 saturated heterocycles. The van der Waals surface area contributed by atoms with Crippen molar-refractivity contribution in [2.75, 3.05) is 19.6 Å². The second kappa shape index (κ2) is 13.2. The number of amides is 3. The van der Waals surface area contributed by atoms with Gasteiger partial charge in [0, 0.05) is 31.6 Å². The van der Waals surface area contributed by atoms with Gasteiger partial charge >= 0.3 is 6.03 Å². The first kappa shape index (κ1) is 23.0. The molecular formula is C19H37ClN4O2. The molecule has 0 radical (unpaired) electrons. The number of piperidine rings is 1. The molecule has 1 heterocycles. The van der Waals surface area contributed by atoms with Gasteiger partial charge in [0.1, 0.15) is 0 Å². The molecule has 2 aliphatic rings. The van der Waals surface area contributed by atoms with Crippen molar-refractivity contribution in [2.45, 2.75) is 83.2 Å². The fourth-order valence-electron chi connectivity index (χ4n) is 3.73. The first-order chi connectivity index (χ1) is 12.1. The summed E-state index contributed by atoms with van der Waals surface area (Å²) in [7, 11) is 0. The summed E-state index contributed by atoms with van der Waals surface area (Å²) in [5.74, 6) is 0.709. The van der Waals surface area contributed by atoms with Crippen molar-refractivity contribution in [3.05, 3.63) is 0 Å². The van der Waals surface area contributed by atoms with Crippen molar-refractivity contribution in [1.29, 1.82) is 0 Å². The molecule has 0 aromatic carbocycles. The summed E-state index contributed by atoms with van der Waals surface area (Å²) in [6, 6.07) is 0.587. The second-order valence-electron chi connectivity index (χ2n) is 7.69. The fraction of sp³-hybridized carbons (Fsp3) is 0.895. The molecule has 7 heteroatoms. The third kappa shape index (κ3) is 9.08. The number of hydrogen-bond acceptors (Lipinski definition) is 3. The van der Waals surface area contributed by atoms with Gasteiger partial charge in [0.25, 0.3) is 0 Å². The van der Waals surface area contributed by atoms with Crippen molar-refractivity contribution in [3.63, 3.8) is 0 Å². The Hall–Kier alpha value is -1.01. The Kier molecular flexibility index (Phi) is 11.7. The number of halogens is 1. The molecule has 2 fully saturated rings. The highest BCUT2D eigenvalue weighted by Gasteiger charge is 2.22. The summed E-state index contributed by atoms with van der Waals surface area (Å²) >= 11 is 0. The molecule has 1 aliphatic carbocycles. The van der Waals surface area contributed by atoms with Crippen molar-refractivity contribution in [1.82, 2.24) is 21.3 Å². The molecule has 26 heavy (non-hydrogen) atoms. The molecule has 1 aliphatic heterocycles. The molecule has 2 atom stereocenters. The molecule has 3 amide bonds. The van der Waals surface area contributed by atoms with Gasteiger partial charge in [-0.1, -0.05) is 32.6 Å². The largest absolute Gasteiger partial charge is 0.352 e. The van der Waals surface area contributed by atoms with E-state index in [9.17, 15) is 9.59 Å². The van der Waals surface area contributed by atoms with Crippen LogP contribution in [-0.2, 0) is 4.79 Å². The second-order valence-corrected chi connectivity index (χ2v) is 7.69. The number of carbonyl (C=O) groups excluding carboxylic acids is 2. The van der Waals surface area contributed by atoms with Gasteiger partial charge < -0.3 is 21.3 Å². The van der Waals surface area contributed by atoms with Gasteiger partial charge in [-0.3, -0.25) is 4.79 Å². The normalized spacial score (nSPS) is 23.6. The van der Waals surface area contributed by atoms with Crippen LogP contribution in [0.5, 0.6) is 0 Å². The van der Waals surface area contributed by atoms with Crippen LogP contribution in [0.2, 0.25) is 0 Å². The van der Waals surface area contributed by atoms with E-state index in [1.807, 2.05) is 0 Å². The fourth-order valence-corrected chi connectivity index (χ4v) is 3.73. The Morgan fingerprint density at radius 2 is 1.77 bits per heavy atom. The first-order valence-corrected chi connectivity index (χ1v) is 10.2. The van der Waals surface area contributed by atoms with Gasteiger partial charge in [-0.15, -0.1) is 12.4 Å². The SMILES string of the molecule is CC1CCNCC1NC(=O)CCCCCNC(=O)NC1CCCCC1.Cl. The van der Waals surface area contributed by atoms with Gasteiger partial charge in [0.2, 0.25) is 5.91 Å². The molecule has 0 aromatic heterocycles. The Balaban J connectivity index is 0.00000338. The lowest BCUT2D eigenvalue weighted by atomic mass is 9.94. The predicted molar refractivity (Wildman–Crippen MR) is 108 cm³/mol. The number of unbranched alkanes of at least 4 members (excludes halogenated alkanes) is 2. The third-order valence-electron chi connectivity index (χ3n) is 5.48. The van der Waals surface area contributed by atoms with Crippen LogP contribution in [0, 0.1) is 5.92 Å². The zero-order chi connectivity index (χ0) is 17.9. The summed E-state index contributed by atoms with van der Waals surface area (Å²) in [4.78, 5) is 23.8. The predicted octanol–water partition coefficient (Wildman–Crippen LogP) is 2.71. The number of urea groups is 1. The molecule has 0 bridgehead atoms. The Labute approximate surface area is 164 Å². The van der Waals surface area contributed by atoms with Gasteiger partial charge in [-0.05, 0) is 44.6 Å². The molecule has 152 valence electrons. The van der Waals surface area contributed by atoms with E-state index >= 15 is 0 Å². The van der Waals surface area contributed by atoms with E-state index in [1.54, 1.807) is 0 Å². The molecule has 0 spiro atoms. The third-order valence-corrected chi connectivity index (χ3v) is 5.48. The van der Waals surface area contributed by atoms with Crippen molar-refractivity contribution in [2.24, 2.45) is 5.92 Å². The Bertz CT molecular complexity index is 416. The highest BCUT2D eigenvalue weighted by molar-refractivity contribution is 5.85. The van der Waals surface area contributed by atoms with E-state index in [1.165, 1.54) is 19.3 Å². The van der Waals surface area contributed by atoms with E-state index < -0.39 is 0 Å². The number of carbonyl (C=O) groups is 2. The summed E-state index contributed by atoms with van der Waals surface area (Å²) in [5.41, 5.74) is 0. The average Bonchev–Trinajstić information content (AvgIpc) is 2.61. The maximum atomic E-state index is 12.0. The zero-order valence-electron chi connectivity index (χ0n) is 16.1. The first-order valence-electron chi connectivity index (χ1n) is 10.2. The summed E-state index contributed by atoms with van der Waals surface area (Å²) < 4.78 is 0. The minimum Gasteiger partial charge on any atom is -0.352 e. The topological polar surface area (TPSA) is 82.3 Å². The lowest BCUT2D eigenvalue weighted by Gasteiger charge is -2.30. The Morgan fingerprint density at radius 1 is 1.00 bits per heavy atom. The van der Waals surface area contributed by atoms with Gasteiger partial charge in [-0.25, -0.2) is 4.79 Å². The highest BCUT2D eigenvalue weighted by atomic mass is 35.5. The minimum absolute atomic E-state index is 0. The maximum absolute atomic E-state index is 12.0. The Morgan fingerprint density at radius 3 is 2.50 bits per heavy atom. The van der Waals surface area contributed by atoms with Crippen molar-refractivity contribution < 1.29 is 9.59 Å². The van der Waals surface area contributed by atoms with E-state index in [2.05, 4.69) is 28.2 Å². The van der Waals surface area contributed by atoms with Crippen LogP contribution in [0.3, 0.4) is 0 Å². The smallest absolute Gasteiger partial charge is 0.315 e. The standard InChI is InChI=1S/C19H36N4O2.ClH/c1-15-11-13-20-14-17(15)23-18(24)10-6-3-7-12-21-19(25)22-16-8-4-2-5-9-16;/h15-17,20H,2-14H2,1H3,(H,23,24)(H2,21,22,25);1H. The molecule has 2 unspecified atom stereocenters. The van der Waals surface area contributed by atoms with E-state index in [4.69, 9.17) is 0 Å². The van der Waals surface area contributed by atoms with Crippen LogP contribution in [0.4, 0.5) is 4.79 Å². The van der Waals surface area contributed by atoms with E-state index in [0.717, 1.165) is 51.6 Å². The number of hydrogen-bond donors (Lipinski definition) is 4. The molecule has 0 aromatic rings. The molecule has 6 nitrogen and oxygen atoms in total. The van der Waals surface area contributed by atoms with Crippen molar-refractivity contribution in [3.8, 4) is 0 Å². The van der Waals surface area contributed by atoms with Gasteiger partial charge in [0.05, 0.1) is 0 Å². The lowest BCUT2D eigenvalue weighted by Crippen LogP contribution is -2.50. The van der Waals surface area contributed by atoms with Crippen LogP contribution >= 0.6 is 12.4 Å². The average molecular weight is 389 g/mol.